The maximum absolute atomic E-state index is 12.6. The van der Waals surface area contributed by atoms with Crippen molar-refractivity contribution < 1.29 is 22.9 Å². The van der Waals surface area contributed by atoms with Crippen LogP contribution in [0, 0.1) is 0 Å². The van der Waals surface area contributed by atoms with Crippen molar-refractivity contribution in [2.45, 2.75) is 6.18 Å². The first kappa shape index (κ1) is 17.7. The monoisotopic (exact) mass is 414 g/mol. The van der Waals surface area contributed by atoms with E-state index in [4.69, 9.17) is 0 Å². The van der Waals surface area contributed by atoms with Crippen molar-refractivity contribution >= 4 is 27.7 Å². The average molecular weight is 415 g/mol. The van der Waals surface area contributed by atoms with Crippen molar-refractivity contribution in [3.05, 3.63) is 58.2 Å². The number of amides is 1. The minimum Gasteiger partial charge on any atom is -0.331 e. The summed E-state index contributed by atoms with van der Waals surface area (Å²) in [7, 11) is 0. The summed E-state index contributed by atoms with van der Waals surface area (Å²) in [4.78, 5) is 18.9. The van der Waals surface area contributed by atoms with E-state index in [0.29, 0.717) is 37.6 Å². The van der Waals surface area contributed by atoms with Gasteiger partial charge in [0.2, 0.25) is 0 Å². The molecule has 1 amide bonds. The Labute approximate surface area is 151 Å². The number of aromatic nitrogens is 1. The number of piperazine rings is 1. The van der Waals surface area contributed by atoms with E-state index in [1.165, 1.54) is 6.07 Å². The predicted molar refractivity (Wildman–Crippen MR) is 90.3 cm³/mol. The van der Waals surface area contributed by atoms with Crippen LogP contribution in [-0.2, 0) is 6.18 Å². The number of carbonyl (C=O) groups is 1. The highest BCUT2D eigenvalue weighted by molar-refractivity contribution is 9.10. The lowest BCUT2D eigenvalue weighted by molar-refractivity contribution is -0.367. The number of benzene rings is 1. The molecule has 1 aromatic carbocycles. The molecule has 0 unspecified atom stereocenters. The molecule has 25 heavy (non-hydrogen) atoms. The van der Waals surface area contributed by atoms with Crippen LogP contribution in [0.15, 0.2) is 47.1 Å². The van der Waals surface area contributed by atoms with Crippen LogP contribution in [0.4, 0.5) is 19.0 Å². The lowest BCUT2D eigenvalue weighted by Gasteiger charge is -2.31. The SMILES string of the molecule is O=C(c1cccc(Br)c1)N1CCN(c2ccc(C(F)(F)F)c[nH+]2)CC1. The van der Waals surface area contributed by atoms with Crippen LogP contribution >= 0.6 is 15.9 Å². The van der Waals surface area contributed by atoms with Gasteiger partial charge >= 0.3 is 6.18 Å². The molecule has 132 valence electrons. The zero-order chi connectivity index (χ0) is 18.0. The molecule has 1 saturated heterocycles. The molecule has 2 aromatic rings. The molecular formula is C17H16BrF3N3O+. The summed E-state index contributed by atoms with van der Waals surface area (Å²) in [5.74, 6) is 0.569. The summed E-state index contributed by atoms with van der Waals surface area (Å²) in [6.07, 6.45) is -3.39. The van der Waals surface area contributed by atoms with Crippen LogP contribution in [0.1, 0.15) is 15.9 Å². The molecule has 8 heteroatoms. The molecule has 0 atom stereocenters. The van der Waals surface area contributed by atoms with Crippen LogP contribution in [0.25, 0.3) is 0 Å². The summed E-state index contributed by atoms with van der Waals surface area (Å²) in [6.45, 7) is 2.14. The molecule has 0 spiro atoms. The number of aromatic amines is 1. The van der Waals surface area contributed by atoms with Crippen LogP contribution in [0.5, 0.6) is 0 Å². The molecule has 1 aromatic heterocycles. The highest BCUT2D eigenvalue weighted by Crippen LogP contribution is 2.28. The Balaban J connectivity index is 1.63. The smallest absolute Gasteiger partial charge is 0.331 e. The van der Waals surface area contributed by atoms with E-state index >= 15 is 0 Å². The van der Waals surface area contributed by atoms with Crippen LogP contribution in [-0.4, -0.2) is 37.0 Å². The molecular weight excluding hydrogens is 399 g/mol. The van der Waals surface area contributed by atoms with Gasteiger partial charge in [-0.1, -0.05) is 22.0 Å². The number of hydrogen-bond acceptors (Lipinski definition) is 2. The maximum atomic E-state index is 12.6. The quantitative estimate of drug-likeness (QED) is 0.756. The number of H-pyrrole nitrogens is 1. The molecule has 4 nitrogen and oxygen atoms in total. The van der Waals surface area contributed by atoms with Crippen molar-refractivity contribution in [3.63, 3.8) is 0 Å². The second-order valence-corrected chi connectivity index (χ2v) is 6.67. The fourth-order valence-electron chi connectivity index (χ4n) is 2.74. The predicted octanol–water partition coefficient (Wildman–Crippen LogP) is 3.24. The Morgan fingerprint density at radius 1 is 1.08 bits per heavy atom. The zero-order valence-corrected chi connectivity index (χ0v) is 14.8. The molecule has 1 aliphatic heterocycles. The Morgan fingerprint density at radius 2 is 1.80 bits per heavy atom. The van der Waals surface area contributed by atoms with Crippen LogP contribution < -0.4 is 9.88 Å². The number of nitrogens with zero attached hydrogens (tertiary/aromatic N) is 2. The van der Waals surface area contributed by atoms with Gasteiger partial charge in [0.15, 0.2) is 0 Å². The molecule has 3 rings (SSSR count). The first-order chi connectivity index (χ1) is 11.8. The van der Waals surface area contributed by atoms with E-state index in [1.807, 2.05) is 17.0 Å². The van der Waals surface area contributed by atoms with Gasteiger partial charge in [-0.05, 0) is 24.3 Å². The van der Waals surface area contributed by atoms with Crippen molar-refractivity contribution in [3.8, 4) is 0 Å². The number of carbonyl (C=O) groups excluding carboxylic acids is 1. The average Bonchev–Trinajstić information content (AvgIpc) is 2.61. The first-order valence-corrected chi connectivity index (χ1v) is 8.52. The Bertz CT molecular complexity index is 756. The highest BCUT2D eigenvalue weighted by atomic mass is 79.9. The minimum absolute atomic E-state index is 0.0441. The van der Waals surface area contributed by atoms with E-state index in [0.717, 1.165) is 16.7 Å². The minimum atomic E-state index is -4.36. The van der Waals surface area contributed by atoms with Crippen molar-refractivity contribution in [2.24, 2.45) is 0 Å². The number of pyridine rings is 1. The summed E-state index contributed by atoms with van der Waals surface area (Å²) < 4.78 is 38.7. The van der Waals surface area contributed by atoms with Gasteiger partial charge in [-0.15, -0.1) is 0 Å². The standard InChI is InChI=1S/C17H15BrF3N3O/c18-14-3-1-2-12(10-14)16(25)24-8-6-23(7-9-24)15-5-4-13(11-22-15)17(19,20)21/h1-5,10-11H,6-9H2/p+1. The van der Waals surface area contributed by atoms with E-state index < -0.39 is 11.7 Å². The van der Waals surface area contributed by atoms with Gasteiger partial charge in [-0.2, -0.15) is 13.2 Å². The molecule has 0 aliphatic carbocycles. The highest BCUT2D eigenvalue weighted by Gasteiger charge is 2.33. The third-order valence-electron chi connectivity index (χ3n) is 4.10. The van der Waals surface area contributed by atoms with Gasteiger partial charge in [-0.3, -0.25) is 9.69 Å². The maximum Gasteiger partial charge on any atom is 0.419 e. The summed E-state index contributed by atoms with van der Waals surface area (Å²) in [6, 6.07) is 9.70. The summed E-state index contributed by atoms with van der Waals surface area (Å²) in [5, 5.41) is 0. The van der Waals surface area contributed by atoms with E-state index in [1.54, 1.807) is 17.0 Å². The number of anilines is 1. The second kappa shape index (κ2) is 7.03. The Hall–Kier alpha value is -2.09. The van der Waals surface area contributed by atoms with Gasteiger partial charge in [-0.25, -0.2) is 4.98 Å². The van der Waals surface area contributed by atoms with Gasteiger partial charge in [0.25, 0.3) is 11.7 Å². The summed E-state index contributed by atoms with van der Waals surface area (Å²) >= 11 is 3.35. The lowest BCUT2D eigenvalue weighted by atomic mass is 10.2. The number of alkyl halides is 3. The van der Waals surface area contributed by atoms with E-state index in [2.05, 4.69) is 20.9 Å². The number of halogens is 4. The molecule has 0 radical (unpaired) electrons. The number of rotatable bonds is 2. The molecule has 0 bridgehead atoms. The second-order valence-electron chi connectivity index (χ2n) is 5.75. The Morgan fingerprint density at radius 3 is 2.36 bits per heavy atom. The third-order valence-corrected chi connectivity index (χ3v) is 4.60. The van der Waals surface area contributed by atoms with Crippen molar-refractivity contribution in [1.29, 1.82) is 0 Å². The number of nitrogens with one attached hydrogen (secondary N) is 1. The molecule has 0 saturated carbocycles. The summed E-state index contributed by atoms with van der Waals surface area (Å²) in [5.41, 5.74) is -0.0939. The van der Waals surface area contributed by atoms with Gasteiger partial charge in [0.05, 0.1) is 18.7 Å². The molecule has 1 aliphatic rings. The molecule has 2 heterocycles. The van der Waals surface area contributed by atoms with Crippen LogP contribution in [0.2, 0.25) is 0 Å². The topological polar surface area (TPSA) is 37.7 Å². The fraction of sp³-hybridized carbons (Fsp3) is 0.294. The van der Waals surface area contributed by atoms with E-state index in [-0.39, 0.29) is 5.91 Å². The first-order valence-electron chi connectivity index (χ1n) is 7.73. The zero-order valence-electron chi connectivity index (χ0n) is 13.2. The Kier molecular flexibility index (Phi) is 4.99. The lowest BCUT2D eigenvalue weighted by Crippen LogP contribution is -2.50. The van der Waals surface area contributed by atoms with E-state index in [9.17, 15) is 18.0 Å². The third kappa shape index (κ3) is 4.12. The fourth-order valence-corrected chi connectivity index (χ4v) is 3.14. The van der Waals surface area contributed by atoms with Gasteiger partial charge in [0, 0.05) is 16.1 Å². The molecule has 1 fully saturated rings. The van der Waals surface area contributed by atoms with Crippen molar-refractivity contribution in [1.82, 2.24) is 4.90 Å². The molecule has 1 N–H and O–H groups in total. The normalized spacial score (nSPS) is 15.4. The van der Waals surface area contributed by atoms with Gasteiger partial charge in [0.1, 0.15) is 19.3 Å². The number of hydrogen-bond donors (Lipinski definition) is 0. The van der Waals surface area contributed by atoms with Crippen molar-refractivity contribution in [2.75, 3.05) is 31.1 Å². The van der Waals surface area contributed by atoms with Gasteiger partial charge < -0.3 is 4.90 Å². The largest absolute Gasteiger partial charge is 0.419 e. The van der Waals surface area contributed by atoms with Crippen LogP contribution in [0.3, 0.4) is 0 Å².